The van der Waals surface area contributed by atoms with E-state index in [0.717, 1.165) is 19.6 Å². The fraction of sp³-hybridized carbons (Fsp3) is 0.562. The molecule has 0 amide bonds. The third-order valence-electron chi connectivity index (χ3n) is 3.69. The molecule has 6 nitrogen and oxygen atoms in total. The number of likely N-dealkylation sites (tertiary alicyclic amines) is 1. The van der Waals surface area contributed by atoms with Gasteiger partial charge >= 0.3 is 5.97 Å². The molecule has 2 N–H and O–H groups in total. The number of carbonyl (C=O) groups is 1. The van der Waals surface area contributed by atoms with Crippen LogP contribution in [0.1, 0.15) is 30.1 Å². The molecule has 0 bridgehead atoms. The quantitative estimate of drug-likeness (QED) is 0.613. The van der Waals surface area contributed by atoms with Gasteiger partial charge in [0.05, 0.1) is 25.0 Å². The van der Waals surface area contributed by atoms with E-state index in [2.05, 4.69) is 4.90 Å². The molecule has 0 saturated carbocycles. The lowest BCUT2D eigenvalue weighted by Gasteiger charge is -2.17. The Morgan fingerprint density at radius 3 is 2.64 bits per heavy atom. The molecule has 122 valence electrons. The van der Waals surface area contributed by atoms with Crippen molar-refractivity contribution in [3.8, 4) is 11.5 Å². The van der Waals surface area contributed by atoms with Gasteiger partial charge in [-0.25, -0.2) is 4.79 Å². The molecule has 1 aromatic carbocycles. The van der Waals surface area contributed by atoms with Crippen LogP contribution >= 0.6 is 0 Å². The van der Waals surface area contributed by atoms with E-state index in [-0.39, 0.29) is 0 Å². The van der Waals surface area contributed by atoms with E-state index in [9.17, 15) is 4.79 Å². The number of ether oxygens (including phenoxy) is 3. The number of hydrogen-bond donors (Lipinski definition) is 1. The van der Waals surface area contributed by atoms with Crippen LogP contribution in [0.15, 0.2) is 12.1 Å². The SMILES string of the molecule is CCOC(=O)c1cc(OC)c(OCCN2CCCC2)cc1N. The first-order valence-corrected chi connectivity index (χ1v) is 7.65. The van der Waals surface area contributed by atoms with E-state index in [0.29, 0.717) is 36.0 Å². The zero-order chi connectivity index (χ0) is 15.9. The first-order valence-electron chi connectivity index (χ1n) is 7.65. The van der Waals surface area contributed by atoms with E-state index < -0.39 is 5.97 Å². The van der Waals surface area contributed by atoms with Gasteiger partial charge in [0, 0.05) is 18.7 Å². The van der Waals surface area contributed by atoms with Crippen molar-refractivity contribution >= 4 is 11.7 Å². The van der Waals surface area contributed by atoms with Crippen molar-refractivity contribution in [3.63, 3.8) is 0 Å². The average molecular weight is 308 g/mol. The maximum Gasteiger partial charge on any atom is 0.340 e. The van der Waals surface area contributed by atoms with Gasteiger partial charge in [-0.15, -0.1) is 0 Å². The molecule has 2 rings (SSSR count). The number of nitrogen functional groups attached to an aromatic ring is 1. The van der Waals surface area contributed by atoms with Crippen molar-refractivity contribution in [3.05, 3.63) is 17.7 Å². The third kappa shape index (κ3) is 4.04. The topological polar surface area (TPSA) is 74.0 Å². The maximum absolute atomic E-state index is 11.8. The van der Waals surface area contributed by atoms with Crippen LogP contribution in [0, 0.1) is 0 Å². The number of anilines is 1. The van der Waals surface area contributed by atoms with Gasteiger partial charge < -0.3 is 19.9 Å². The van der Waals surface area contributed by atoms with Gasteiger partial charge in [0.15, 0.2) is 11.5 Å². The number of esters is 1. The number of hydrogen-bond acceptors (Lipinski definition) is 6. The molecule has 0 spiro atoms. The Morgan fingerprint density at radius 1 is 1.27 bits per heavy atom. The van der Waals surface area contributed by atoms with Gasteiger partial charge in [-0.3, -0.25) is 4.90 Å². The third-order valence-corrected chi connectivity index (χ3v) is 3.69. The minimum atomic E-state index is -0.457. The first-order chi connectivity index (χ1) is 10.7. The van der Waals surface area contributed by atoms with Gasteiger partial charge in [0.2, 0.25) is 0 Å². The van der Waals surface area contributed by atoms with Crippen molar-refractivity contribution in [2.45, 2.75) is 19.8 Å². The molecule has 1 aliphatic heterocycles. The second-order valence-corrected chi connectivity index (χ2v) is 5.21. The Kier molecular flexibility index (Phi) is 5.89. The summed E-state index contributed by atoms with van der Waals surface area (Å²) in [5, 5.41) is 0. The highest BCUT2D eigenvalue weighted by Crippen LogP contribution is 2.32. The summed E-state index contributed by atoms with van der Waals surface area (Å²) in [5.74, 6) is 0.577. The molecular weight excluding hydrogens is 284 g/mol. The monoisotopic (exact) mass is 308 g/mol. The molecular formula is C16H24N2O4. The van der Waals surface area contributed by atoms with Gasteiger partial charge in [0.25, 0.3) is 0 Å². The second kappa shape index (κ2) is 7.89. The summed E-state index contributed by atoms with van der Waals surface area (Å²) in [6.07, 6.45) is 2.51. The van der Waals surface area contributed by atoms with E-state index in [1.54, 1.807) is 19.1 Å². The molecule has 0 aromatic heterocycles. The maximum atomic E-state index is 11.8. The Bertz CT molecular complexity index is 513. The summed E-state index contributed by atoms with van der Waals surface area (Å²) in [7, 11) is 1.54. The average Bonchev–Trinajstić information content (AvgIpc) is 3.01. The van der Waals surface area contributed by atoms with Crippen LogP contribution in [-0.2, 0) is 4.74 Å². The largest absolute Gasteiger partial charge is 0.493 e. The Hall–Kier alpha value is -1.95. The van der Waals surface area contributed by atoms with Gasteiger partial charge in [-0.1, -0.05) is 0 Å². The van der Waals surface area contributed by atoms with Crippen LogP contribution in [0.2, 0.25) is 0 Å². The Balaban J connectivity index is 2.03. The lowest BCUT2D eigenvalue weighted by atomic mass is 10.1. The molecule has 0 aliphatic carbocycles. The molecule has 1 heterocycles. The number of carbonyl (C=O) groups excluding carboxylic acids is 1. The summed E-state index contributed by atoms with van der Waals surface area (Å²) < 4.78 is 16.0. The number of nitrogens with zero attached hydrogens (tertiary/aromatic N) is 1. The summed E-state index contributed by atoms with van der Waals surface area (Å²) in [4.78, 5) is 14.2. The molecule has 22 heavy (non-hydrogen) atoms. The molecule has 0 radical (unpaired) electrons. The minimum Gasteiger partial charge on any atom is -0.493 e. The van der Waals surface area contributed by atoms with Crippen molar-refractivity contribution in [2.24, 2.45) is 0 Å². The minimum absolute atomic E-state index is 0.297. The predicted molar refractivity (Wildman–Crippen MR) is 84.5 cm³/mol. The molecule has 1 saturated heterocycles. The summed E-state index contributed by atoms with van der Waals surface area (Å²) in [6, 6.07) is 3.19. The van der Waals surface area contributed by atoms with Gasteiger partial charge in [0.1, 0.15) is 6.61 Å². The zero-order valence-electron chi connectivity index (χ0n) is 13.3. The van der Waals surface area contributed by atoms with E-state index in [4.69, 9.17) is 19.9 Å². The van der Waals surface area contributed by atoms with E-state index in [1.165, 1.54) is 20.0 Å². The molecule has 0 atom stereocenters. The zero-order valence-corrected chi connectivity index (χ0v) is 13.3. The number of methoxy groups -OCH3 is 1. The van der Waals surface area contributed by atoms with Crippen molar-refractivity contribution < 1.29 is 19.0 Å². The van der Waals surface area contributed by atoms with Crippen LogP contribution in [0.3, 0.4) is 0 Å². The molecule has 6 heteroatoms. The fourth-order valence-electron chi connectivity index (χ4n) is 2.52. The summed E-state index contributed by atoms with van der Waals surface area (Å²) in [5.41, 5.74) is 6.55. The van der Waals surface area contributed by atoms with Crippen LogP contribution in [0.5, 0.6) is 11.5 Å². The highest BCUT2D eigenvalue weighted by Gasteiger charge is 2.17. The van der Waals surface area contributed by atoms with Gasteiger partial charge in [-0.05, 0) is 32.9 Å². The summed E-state index contributed by atoms with van der Waals surface area (Å²) in [6.45, 7) is 5.75. The summed E-state index contributed by atoms with van der Waals surface area (Å²) >= 11 is 0. The first kappa shape index (κ1) is 16.4. The second-order valence-electron chi connectivity index (χ2n) is 5.21. The van der Waals surface area contributed by atoms with Crippen LogP contribution < -0.4 is 15.2 Å². The molecule has 1 aliphatic rings. The standard InChI is InChI=1S/C16H24N2O4/c1-3-21-16(19)12-10-14(20-2)15(11-13(12)17)22-9-8-18-6-4-5-7-18/h10-11H,3-9,17H2,1-2H3. The van der Waals surface area contributed by atoms with Crippen LogP contribution in [0.25, 0.3) is 0 Å². The van der Waals surface area contributed by atoms with E-state index >= 15 is 0 Å². The van der Waals surface area contributed by atoms with Crippen LogP contribution in [-0.4, -0.2) is 50.8 Å². The highest BCUT2D eigenvalue weighted by atomic mass is 16.5. The smallest absolute Gasteiger partial charge is 0.340 e. The van der Waals surface area contributed by atoms with Crippen molar-refractivity contribution in [1.82, 2.24) is 4.90 Å². The Labute approximate surface area is 131 Å². The lowest BCUT2D eigenvalue weighted by molar-refractivity contribution is 0.0527. The Morgan fingerprint density at radius 2 is 2.00 bits per heavy atom. The lowest BCUT2D eigenvalue weighted by Crippen LogP contribution is -2.25. The van der Waals surface area contributed by atoms with E-state index in [1.807, 2.05) is 0 Å². The number of nitrogens with two attached hydrogens (primary N) is 1. The van der Waals surface area contributed by atoms with Gasteiger partial charge in [-0.2, -0.15) is 0 Å². The predicted octanol–water partition coefficient (Wildman–Crippen LogP) is 1.93. The number of benzene rings is 1. The van der Waals surface area contributed by atoms with Crippen LogP contribution in [0.4, 0.5) is 5.69 Å². The normalized spacial score (nSPS) is 14.8. The van der Waals surface area contributed by atoms with Crippen molar-refractivity contribution in [2.75, 3.05) is 45.7 Å². The highest BCUT2D eigenvalue weighted by molar-refractivity contribution is 5.96. The number of rotatable bonds is 7. The molecule has 0 unspecified atom stereocenters. The molecule has 1 fully saturated rings. The molecule has 1 aromatic rings. The fourth-order valence-corrected chi connectivity index (χ4v) is 2.52. The van der Waals surface area contributed by atoms with Crippen molar-refractivity contribution in [1.29, 1.82) is 0 Å².